The molecule has 9 heteroatoms. The van der Waals surface area contributed by atoms with Gasteiger partial charge in [0.25, 0.3) is 11.2 Å². The molecule has 7 nitrogen and oxygen atoms in total. The van der Waals surface area contributed by atoms with Crippen molar-refractivity contribution in [2.24, 2.45) is 0 Å². The Labute approximate surface area is 175 Å². The number of nitro groups is 1. The van der Waals surface area contributed by atoms with Gasteiger partial charge in [0.1, 0.15) is 4.83 Å². The summed E-state index contributed by atoms with van der Waals surface area (Å²) in [5.41, 5.74) is 2.06. The van der Waals surface area contributed by atoms with Crippen LogP contribution < -0.4 is 5.56 Å². The molecule has 2 aromatic heterocycles. The number of nitrogens with zero attached hydrogens (tertiary/aromatic N) is 3. The third-order valence-corrected chi connectivity index (χ3v) is 7.28. The topological polar surface area (TPSA) is 87.3 Å². The van der Waals surface area contributed by atoms with Gasteiger partial charge in [-0.25, -0.2) is 4.98 Å². The van der Waals surface area contributed by atoms with Crippen molar-refractivity contribution in [3.8, 4) is 0 Å². The van der Waals surface area contributed by atoms with E-state index in [2.05, 4.69) is 0 Å². The minimum absolute atomic E-state index is 0.00649. The molecule has 0 fully saturated rings. The number of nitro benzene ring substituents is 1. The SMILES string of the molecule is COCCn1c(SCc2cccc([N+](=O)[O-])c2)nc2sc3c(c2c1=O)CCCC3. The maximum atomic E-state index is 13.3. The van der Waals surface area contributed by atoms with Crippen LogP contribution in [0.25, 0.3) is 10.2 Å². The number of ether oxygens (including phenoxy) is 1. The first kappa shape index (κ1) is 20.1. The highest BCUT2D eigenvalue weighted by Gasteiger charge is 2.22. The summed E-state index contributed by atoms with van der Waals surface area (Å²) in [4.78, 5) is 30.8. The fourth-order valence-corrected chi connectivity index (χ4v) is 5.89. The highest BCUT2D eigenvalue weighted by atomic mass is 32.2. The zero-order chi connectivity index (χ0) is 20.4. The smallest absolute Gasteiger partial charge is 0.269 e. The third-order valence-electron chi connectivity index (χ3n) is 5.05. The number of rotatable bonds is 7. The van der Waals surface area contributed by atoms with Crippen molar-refractivity contribution in [2.45, 2.75) is 43.1 Å². The summed E-state index contributed by atoms with van der Waals surface area (Å²) in [5.74, 6) is 0.498. The summed E-state index contributed by atoms with van der Waals surface area (Å²) in [5, 5.41) is 12.4. The number of thiophene rings is 1. The van der Waals surface area contributed by atoms with E-state index in [1.54, 1.807) is 35.1 Å². The van der Waals surface area contributed by atoms with Gasteiger partial charge in [-0.2, -0.15) is 0 Å². The number of fused-ring (bicyclic) bond motifs is 3. The maximum absolute atomic E-state index is 13.3. The number of thioether (sulfide) groups is 1. The zero-order valence-electron chi connectivity index (χ0n) is 16.1. The predicted octanol–water partition coefficient (Wildman–Crippen LogP) is 4.18. The van der Waals surface area contributed by atoms with Crippen LogP contribution in [0.4, 0.5) is 5.69 Å². The van der Waals surface area contributed by atoms with Crippen LogP contribution in [-0.2, 0) is 29.9 Å². The summed E-state index contributed by atoms with van der Waals surface area (Å²) in [7, 11) is 1.61. The van der Waals surface area contributed by atoms with Crippen molar-refractivity contribution < 1.29 is 9.66 Å². The van der Waals surface area contributed by atoms with E-state index in [9.17, 15) is 14.9 Å². The molecule has 3 aromatic rings. The van der Waals surface area contributed by atoms with Gasteiger partial charge in [0.15, 0.2) is 5.16 Å². The Balaban J connectivity index is 1.71. The normalized spacial score (nSPS) is 13.6. The lowest BCUT2D eigenvalue weighted by molar-refractivity contribution is -0.384. The zero-order valence-corrected chi connectivity index (χ0v) is 17.7. The highest BCUT2D eigenvalue weighted by molar-refractivity contribution is 7.98. The van der Waals surface area contributed by atoms with Gasteiger partial charge in [-0.1, -0.05) is 23.9 Å². The number of hydrogen-bond donors (Lipinski definition) is 0. The minimum atomic E-state index is -0.400. The lowest BCUT2D eigenvalue weighted by Gasteiger charge is -2.13. The number of methoxy groups -OCH3 is 1. The molecule has 2 heterocycles. The standard InChI is InChI=1S/C20H21N3O4S2/c1-27-10-9-22-19(24)17-15-7-2-3-8-16(15)29-18(17)21-20(22)28-12-13-5-4-6-14(11-13)23(25)26/h4-6,11H,2-3,7-10,12H2,1H3. The first-order valence-corrected chi connectivity index (χ1v) is 11.3. The van der Waals surface area contributed by atoms with E-state index < -0.39 is 4.92 Å². The fraction of sp³-hybridized carbons (Fsp3) is 0.400. The van der Waals surface area contributed by atoms with Crippen molar-refractivity contribution in [1.82, 2.24) is 9.55 Å². The Hall–Kier alpha value is -2.23. The summed E-state index contributed by atoms with van der Waals surface area (Å²) in [6.07, 6.45) is 4.23. The Bertz CT molecular complexity index is 1120. The molecular formula is C20H21N3O4S2. The van der Waals surface area contributed by atoms with E-state index in [1.165, 1.54) is 28.3 Å². The molecule has 0 bridgehead atoms. The first-order chi connectivity index (χ1) is 14.1. The van der Waals surface area contributed by atoms with Crippen molar-refractivity contribution in [3.05, 3.63) is 60.7 Å². The van der Waals surface area contributed by atoms with Gasteiger partial charge >= 0.3 is 0 Å². The molecule has 1 aliphatic rings. The second-order valence-corrected chi connectivity index (χ2v) is 8.98. The quantitative estimate of drug-likeness (QED) is 0.241. The minimum Gasteiger partial charge on any atom is -0.383 e. The fourth-order valence-electron chi connectivity index (χ4n) is 3.62. The van der Waals surface area contributed by atoms with Gasteiger partial charge in [-0.05, 0) is 36.8 Å². The number of non-ortho nitro benzene ring substituents is 1. The number of hydrogen-bond acceptors (Lipinski definition) is 7. The molecule has 29 heavy (non-hydrogen) atoms. The number of aromatic nitrogens is 2. The van der Waals surface area contributed by atoms with Gasteiger partial charge in [0.05, 0.1) is 23.5 Å². The van der Waals surface area contributed by atoms with Gasteiger partial charge in [0, 0.05) is 29.9 Å². The molecule has 1 aromatic carbocycles. The molecule has 0 saturated heterocycles. The van der Waals surface area contributed by atoms with E-state index in [0.29, 0.717) is 24.1 Å². The van der Waals surface area contributed by atoms with E-state index in [0.717, 1.165) is 41.5 Å². The molecule has 0 unspecified atom stereocenters. The van der Waals surface area contributed by atoms with Crippen LogP contribution in [0.5, 0.6) is 0 Å². The van der Waals surface area contributed by atoms with Gasteiger partial charge in [-0.15, -0.1) is 11.3 Å². The molecule has 0 saturated carbocycles. The van der Waals surface area contributed by atoms with Crippen LogP contribution >= 0.6 is 23.1 Å². The van der Waals surface area contributed by atoms with Gasteiger partial charge < -0.3 is 4.74 Å². The molecule has 152 valence electrons. The molecule has 0 amide bonds. The molecule has 1 aliphatic carbocycles. The molecule has 0 radical (unpaired) electrons. The van der Waals surface area contributed by atoms with Crippen molar-refractivity contribution in [2.75, 3.05) is 13.7 Å². The Morgan fingerprint density at radius 1 is 1.34 bits per heavy atom. The second kappa shape index (κ2) is 8.64. The van der Waals surface area contributed by atoms with Gasteiger partial charge in [0.2, 0.25) is 0 Å². The second-order valence-electron chi connectivity index (χ2n) is 6.95. The average molecular weight is 432 g/mol. The van der Waals surface area contributed by atoms with Crippen molar-refractivity contribution >= 4 is 39.0 Å². The van der Waals surface area contributed by atoms with Crippen LogP contribution in [0.15, 0.2) is 34.2 Å². The van der Waals surface area contributed by atoms with E-state index >= 15 is 0 Å². The lowest BCUT2D eigenvalue weighted by atomic mass is 9.97. The summed E-state index contributed by atoms with van der Waals surface area (Å²) in [6, 6.07) is 6.56. The number of benzene rings is 1. The van der Waals surface area contributed by atoms with Crippen molar-refractivity contribution in [1.29, 1.82) is 0 Å². The largest absolute Gasteiger partial charge is 0.383 e. The molecule has 4 rings (SSSR count). The van der Waals surface area contributed by atoms with E-state index in [1.807, 2.05) is 6.07 Å². The van der Waals surface area contributed by atoms with E-state index in [-0.39, 0.29) is 11.2 Å². The third kappa shape index (κ3) is 4.08. The monoisotopic (exact) mass is 431 g/mol. The molecule has 0 atom stereocenters. The Morgan fingerprint density at radius 2 is 2.17 bits per heavy atom. The van der Waals surface area contributed by atoms with E-state index in [4.69, 9.17) is 9.72 Å². The molecular weight excluding hydrogens is 410 g/mol. The van der Waals surface area contributed by atoms with Crippen LogP contribution in [0.3, 0.4) is 0 Å². The maximum Gasteiger partial charge on any atom is 0.269 e. The highest BCUT2D eigenvalue weighted by Crippen LogP contribution is 2.35. The van der Waals surface area contributed by atoms with Crippen molar-refractivity contribution in [3.63, 3.8) is 0 Å². The summed E-state index contributed by atoms with van der Waals surface area (Å²) in [6.45, 7) is 0.851. The lowest BCUT2D eigenvalue weighted by Crippen LogP contribution is -2.25. The van der Waals surface area contributed by atoms with Gasteiger partial charge in [-0.3, -0.25) is 19.5 Å². The number of aryl methyl sites for hydroxylation is 2. The molecule has 0 N–H and O–H groups in total. The summed E-state index contributed by atoms with van der Waals surface area (Å²) >= 11 is 3.06. The Morgan fingerprint density at radius 3 is 2.97 bits per heavy atom. The Kier molecular flexibility index (Phi) is 5.98. The molecule has 0 aliphatic heterocycles. The average Bonchev–Trinajstić information content (AvgIpc) is 3.10. The van der Waals surface area contributed by atoms with Crippen LogP contribution in [-0.4, -0.2) is 28.2 Å². The first-order valence-electron chi connectivity index (χ1n) is 9.48. The van der Waals surface area contributed by atoms with Crippen LogP contribution in [0.1, 0.15) is 28.8 Å². The summed E-state index contributed by atoms with van der Waals surface area (Å²) < 4.78 is 6.89. The van der Waals surface area contributed by atoms with Crippen LogP contribution in [0.2, 0.25) is 0 Å². The predicted molar refractivity (Wildman–Crippen MR) is 115 cm³/mol. The van der Waals surface area contributed by atoms with Crippen LogP contribution in [0, 0.1) is 10.1 Å². The molecule has 0 spiro atoms.